The maximum Gasteiger partial charge on any atom is 0.191 e. The van der Waals surface area contributed by atoms with Crippen LogP contribution >= 0.6 is 0 Å². The Morgan fingerprint density at radius 2 is 2.06 bits per heavy atom. The number of benzene rings is 1. The summed E-state index contributed by atoms with van der Waals surface area (Å²) in [5, 5.41) is 6.54. The predicted octanol–water partition coefficient (Wildman–Crippen LogP) is 2.46. The molecule has 0 spiro atoms. The van der Waals surface area contributed by atoms with Crippen LogP contribution in [0.2, 0.25) is 0 Å². The molecule has 0 fully saturated rings. The fourth-order valence-corrected chi connectivity index (χ4v) is 1.57. The van der Waals surface area contributed by atoms with E-state index in [4.69, 9.17) is 0 Å². The molecule has 3 heteroatoms. The lowest BCUT2D eigenvalue weighted by atomic mass is 10.1. The van der Waals surface area contributed by atoms with Gasteiger partial charge in [-0.3, -0.25) is 0 Å². The Bertz CT molecular complexity index is 358. The molecule has 1 aromatic carbocycles. The van der Waals surface area contributed by atoms with Crippen LogP contribution in [0.3, 0.4) is 0 Å². The van der Waals surface area contributed by atoms with Gasteiger partial charge >= 0.3 is 0 Å². The van der Waals surface area contributed by atoms with Crippen LogP contribution in [0, 0.1) is 6.92 Å². The van der Waals surface area contributed by atoms with Crippen molar-refractivity contribution in [3.05, 3.63) is 35.4 Å². The molecule has 0 aliphatic carbocycles. The molecule has 0 unspecified atom stereocenters. The second-order valence-corrected chi connectivity index (χ2v) is 4.11. The van der Waals surface area contributed by atoms with Crippen molar-refractivity contribution in [2.45, 2.75) is 33.7 Å². The van der Waals surface area contributed by atoms with Gasteiger partial charge < -0.3 is 10.6 Å². The average molecular weight is 233 g/mol. The van der Waals surface area contributed by atoms with Crippen molar-refractivity contribution < 1.29 is 0 Å². The van der Waals surface area contributed by atoms with E-state index in [2.05, 4.69) is 60.7 Å². The molecule has 0 heterocycles. The highest BCUT2D eigenvalue weighted by Gasteiger charge is 1.96. The van der Waals surface area contributed by atoms with Gasteiger partial charge in [0.05, 0.1) is 6.54 Å². The number of guanidine groups is 1. The fraction of sp³-hybridized carbons (Fsp3) is 0.500. The van der Waals surface area contributed by atoms with Crippen molar-refractivity contribution in [3.63, 3.8) is 0 Å². The van der Waals surface area contributed by atoms with Gasteiger partial charge in [-0.15, -0.1) is 0 Å². The Kier molecular flexibility index (Phi) is 6.15. The molecular weight excluding hydrogens is 210 g/mol. The van der Waals surface area contributed by atoms with E-state index in [0.717, 1.165) is 32.0 Å². The third-order valence-corrected chi connectivity index (χ3v) is 2.39. The summed E-state index contributed by atoms with van der Waals surface area (Å²) in [5.74, 6) is 0.899. The van der Waals surface area contributed by atoms with Crippen LogP contribution in [0.25, 0.3) is 0 Å². The highest BCUT2D eigenvalue weighted by molar-refractivity contribution is 5.79. The molecule has 0 amide bonds. The van der Waals surface area contributed by atoms with E-state index >= 15 is 0 Å². The van der Waals surface area contributed by atoms with Crippen molar-refractivity contribution in [1.29, 1.82) is 0 Å². The SMILES string of the molecule is CCCNC(=NCc1cccc(C)c1)NCC. The summed E-state index contributed by atoms with van der Waals surface area (Å²) in [7, 11) is 0. The number of hydrogen-bond acceptors (Lipinski definition) is 1. The van der Waals surface area contributed by atoms with Crippen molar-refractivity contribution in [3.8, 4) is 0 Å². The van der Waals surface area contributed by atoms with Crippen LogP contribution in [-0.2, 0) is 6.54 Å². The quantitative estimate of drug-likeness (QED) is 0.605. The summed E-state index contributed by atoms with van der Waals surface area (Å²) in [4.78, 5) is 4.56. The first-order valence-corrected chi connectivity index (χ1v) is 6.34. The Labute approximate surface area is 104 Å². The molecule has 17 heavy (non-hydrogen) atoms. The van der Waals surface area contributed by atoms with E-state index in [1.54, 1.807) is 0 Å². The molecule has 0 radical (unpaired) electrons. The molecule has 0 aliphatic rings. The second kappa shape index (κ2) is 7.71. The van der Waals surface area contributed by atoms with Crippen LogP contribution in [0.4, 0.5) is 0 Å². The van der Waals surface area contributed by atoms with E-state index in [-0.39, 0.29) is 0 Å². The van der Waals surface area contributed by atoms with Crippen LogP contribution in [0.15, 0.2) is 29.3 Å². The lowest BCUT2D eigenvalue weighted by molar-refractivity contribution is 0.785. The average Bonchev–Trinajstić information content (AvgIpc) is 2.33. The van der Waals surface area contributed by atoms with E-state index in [1.165, 1.54) is 11.1 Å². The van der Waals surface area contributed by atoms with Gasteiger partial charge in [0.15, 0.2) is 5.96 Å². The van der Waals surface area contributed by atoms with E-state index in [0.29, 0.717) is 0 Å². The summed E-state index contributed by atoms with van der Waals surface area (Å²) >= 11 is 0. The van der Waals surface area contributed by atoms with Crippen LogP contribution in [-0.4, -0.2) is 19.0 Å². The maximum absolute atomic E-state index is 4.56. The smallest absolute Gasteiger partial charge is 0.191 e. The lowest BCUT2D eigenvalue weighted by Crippen LogP contribution is -2.37. The molecule has 1 aromatic rings. The molecule has 0 atom stereocenters. The predicted molar refractivity (Wildman–Crippen MR) is 74.3 cm³/mol. The van der Waals surface area contributed by atoms with Crippen molar-refractivity contribution in [2.24, 2.45) is 4.99 Å². The second-order valence-electron chi connectivity index (χ2n) is 4.11. The third-order valence-electron chi connectivity index (χ3n) is 2.39. The van der Waals surface area contributed by atoms with Gasteiger partial charge in [-0.05, 0) is 25.8 Å². The maximum atomic E-state index is 4.56. The van der Waals surface area contributed by atoms with E-state index in [1.807, 2.05) is 0 Å². The normalized spacial score (nSPS) is 11.4. The Balaban J connectivity index is 2.58. The number of hydrogen-bond donors (Lipinski definition) is 2. The first-order chi connectivity index (χ1) is 8.26. The first-order valence-electron chi connectivity index (χ1n) is 6.34. The highest BCUT2D eigenvalue weighted by Crippen LogP contribution is 2.04. The molecule has 0 bridgehead atoms. The number of rotatable bonds is 5. The molecule has 0 saturated carbocycles. The Morgan fingerprint density at radius 3 is 2.71 bits per heavy atom. The van der Waals surface area contributed by atoms with E-state index < -0.39 is 0 Å². The highest BCUT2D eigenvalue weighted by atomic mass is 15.2. The van der Waals surface area contributed by atoms with E-state index in [9.17, 15) is 0 Å². The molecular formula is C14H23N3. The minimum Gasteiger partial charge on any atom is -0.357 e. The first kappa shape index (κ1) is 13.6. The van der Waals surface area contributed by atoms with Gasteiger partial charge in [0.2, 0.25) is 0 Å². The molecule has 0 aliphatic heterocycles. The molecule has 3 nitrogen and oxygen atoms in total. The zero-order valence-electron chi connectivity index (χ0n) is 11.1. The van der Waals surface area contributed by atoms with Crippen LogP contribution < -0.4 is 10.6 Å². The summed E-state index contributed by atoms with van der Waals surface area (Å²) in [6.45, 7) is 8.91. The zero-order valence-corrected chi connectivity index (χ0v) is 11.1. The largest absolute Gasteiger partial charge is 0.357 e. The topological polar surface area (TPSA) is 36.4 Å². The Hall–Kier alpha value is -1.51. The van der Waals surface area contributed by atoms with Crippen LogP contribution in [0.5, 0.6) is 0 Å². The van der Waals surface area contributed by atoms with Gasteiger partial charge in [0.1, 0.15) is 0 Å². The molecule has 94 valence electrons. The molecule has 2 N–H and O–H groups in total. The van der Waals surface area contributed by atoms with Gasteiger partial charge in [-0.25, -0.2) is 4.99 Å². The minimum absolute atomic E-state index is 0.723. The fourth-order valence-electron chi connectivity index (χ4n) is 1.57. The number of aryl methyl sites for hydroxylation is 1. The lowest BCUT2D eigenvalue weighted by Gasteiger charge is -2.10. The molecule has 0 aromatic heterocycles. The molecule has 1 rings (SSSR count). The monoisotopic (exact) mass is 233 g/mol. The molecule has 0 saturated heterocycles. The zero-order chi connectivity index (χ0) is 12.5. The van der Waals surface area contributed by atoms with Crippen molar-refractivity contribution >= 4 is 5.96 Å². The third kappa shape index (κ3) is 5.38. The van der Waals surface area contributed by atoms with Gasteiger partial charge in [0.25, 0.3) is 0 Å². The number of nitrogens with one attached hydrogen (secondary N) is 2. The number of aliphatic imine (C=N–C) groups is 1. The summed E-state index contributed by atoms with van der Waals surface area (Å²) in [6, 6.07) is 8.47. The van der Waals surface area contributed by atoms with Gasteiger partial charge in [0, 0.05) is 13.1 Å². The van der Waals surface area contributed by atoms with Crippen molar-refractivity contribution in [1.82, 2.24) is 10.6 Å². The van der Waals surface area contributed by atoms with Crippen LogP contribution in [0.1, 0.15) is 31.4 Å². The Morgan fingerprint density at radius 1 is 1.24 bits per heavy atom. The summed E-state index contributed by atoms with van der Waals surface area (Å²) < 4.78 is 0. The summed E-state index contributed by atoms with van der Waals surface area (Å²) in [5.41, 5.74) is 2.53. The summed E-state index contributed by atoms with van der Waals surface area (Å²) in [6.07, 6.45) is 1.11. The standard InChI is InChI=1S/C14H23N3/c1-4-9-16-14(15-5-2)17-11-13-8-6-7-12(3)10-13/h6-8,10H,4-5,9,11H2,1-3H3,(H2,15,16,17). The van der Waals surface area contributed by atoms with Gasteiger partial charge in [-0.2, -0.15) is 0 Å². The van der Waals surface area contributed by atoms with Crippen molar-refractivity contribution in [2.75, 3.05) is 13.1 Å². The number of nitrogens with zero attached hydrogens (tertiary/aromatic N) is 1. The van der Waals surface area contributed by atoms with Gasteiger partial charge in [-0.1, -0.05) is 36.8 Å². The minimum atomic E-state index is 0.723.